The van der Waals surface area contributed by atoms with Crippen molar-refractivity contribution >= 4 is 23.6 Å². The van der Waals surface area contributed by atoms with Crippen LogP contribution in [-0.2, 0) is 24.4 Å². The molecule has 0 saturated carbocycles. The highest BCUT2D eigenvalue weighted by atomic mass is 19.1. The van der Waals surface area contributed by atoms with E-state index in [-0.39, 0.29) is 69.2 Å². The minimum atomic E-state index is -0.799. The SMILES string of the molecule is CC(C)c1cc(C(=O)N2Cc3ccc(CN4CCN(C(=O)c5ccc(-c6nc(-c7cnc(N)nc7)nc(N7CCOCC7)c6F)c(F)c5)CC4)cc3C2)c(O)cc1O. The molecule has 5 heterocycles. The standard InChI is InChI=1S/C42H43F2N9O5/c1-24(2)31-17-32(35(55)18-34(31)54)41(57)53-22-27-4-3-25(15-28(27)23-53)21-50-7-9-52(10-8-50)40(56)26-5-6-30(33(43)16-26)37-36(44)39(51-11-13-58-14-12-51)49-38(48-37)29-19-46-42(45)47-20-29/h3-6,15-20,24,54-55H,7-14,21-23H2,1-2H3,(H2,45,46,47). The number of phenolic OH excluding ortho intramolecular Hbond substituents is 2. The summed E-state index contributed by atoms with van der Waals surface area (Å²) in [5.74, 6) is -2.39. The summed E-state index contributed by atoms with van der Waals surface area (Å²) in [6, 6.07) is 12.9. The first-order valence-corrected chi connectivity index (χ1v) is 19.2. The molecule has 0 bridgehead atoms. The van der Waals surface area contributed by atoms with E-state index in [1.807, 2.05) is 26.0 Å². The number of morpholine rings is 1. The predicted molar refractivity (Wildman–Crippen MR) is 211 cm³/mol. The Labute approximate surface area is 333 Å². The van der Waals surface area contributed by atoms with Gasteiger partial charge in [-0.1, -0.05) is 32.0 Å². The molecule has 58 heavy (non-hydrogen) atoms. The minimum absolute atomic E-state index is 0.00134. The van der Waals surface area contributed by atoms with Gasteiger partial charge in [0.2, 0.25) is 5.95 Å². The molecule has 3 aliphatic rings. The topological polar surface area (TPSA) is 174 Å². The smallest absolute Gasteiger partial charge is 0.258 e. The molecule has 0 unspecified atom stereocenters. The third kappa shape index (κ3) is 7.72. The van der Waals surface area contributed by atoms with Crippen LogP contribution in [0.4, 0.5) is 20.5 Å². The van der Waals surface area contributed by atoms with Crippen LogP contribution < -0.4 is 10.6 Å². The molecule has 0 spiro atoms. The van der Waals surface area contributed by atoms with Crippen LogP contribution in [-0.4, -0.2) is 109 Å². The highest BCUT2D eigenvalue weighted by molar-refractivity contribution is 5.98. The summed E-state index contributed by atoms with van der Waals surface area (Å²) in [4.78, 5) is 51.2. The molecule has 2 fully saturated rings. The number of rotatable bonds is 8. The van der Waals surface area contributed by atoms with Gasteiger partial charge in [0.1, 0.15) is 23.0 Å². The monoisotopic (exact) mass is 791 g/mol. The van der Waals surface area contributed by atoms with Gasteiger partial charge in [-0.25, -0.2) is 28.7 Å². The number of amides is 2. The van der Waals surface area contributed by atoms with Gasteiger partial charge >= 0.3 is 0 Å². The number of aromatic nitrogens is 4. The van der Waals surface area contributed by atoms with Crippen molar-refractivity contribution < 1.29 is 33.3 Å². The number of nitrogens with zero attached hydrogens (tertiary/aromatic N) is 8. The van der Waals surface area contributed by atoms with Gasteiger partial charge in [0.05, 0.1) is 24.3 Å². The Morgan fingerprint density at radius 1 is 0.828 bits per heavy atom. The second kappa shape index (κ2) is 15.9. The van der Waals surface area contributed by atoms with Crippen LogP contribution in [0.1, 0.15) is 62.7 Å². The Balaban J connectivity index is 0.918. The molecule has 2 aromatic heterocycles. The maximum absolute atomic E-state index is 16.1. The predicted octanol–water partition coefficient (Wildman–Crippen LogP) is 4.95. The highest BCUT2D eigenvalue weighted by Gasteiger charge is 2.30. The normalized spacial score (nSPS) is 15.9. The summed E-state index contributed by atoms with van der Waals surface area (Å²) >= 11 is 0. The number of hydrogen-bond acceptors (Lipinski definition) is 12. The second-order valence-electron chi connectivity index (χ2n) is 15.1. The van der Waals surface area contributed by atoms with E-state index in [1.54, 1.807) is 20.8 Å². The van der Waals surface area contributed by atoms with Crippen molar-refractivity contribution in [2.75, 3.05) is 63.1 Å². The fourth-order valence-corrected chi connectivity index (χ4v) is 7.66. The quantitative estimate of drug-likeness (QED) is 0.193. The molecule has 0 aliphatic carbocycles. The van der Waals surface area contributed by atoms with E-state index in [4.69, 9.17) is 10.5 Å². The van der Waals surface area contributed by atoms with Gasteiger partial charge in [-0.15, -0.1) is 0 Å². The summed E-state index contributed by atoms with van der Waals surface area (Å²) in [6.07, 6.45) is 2.83. The third-order valence-electron chi connectivity index (χ3n) is 10.9. The van der Waals surface area contributed by atoms with Crippen LogP contribution in [0.25, 0.3) is 22.6 Å². The van der Waals surface area contributed by atoms with Gasteiger partial charge in [0.25, 0.3) is 11.8 Å². The van der Waals surface area contributed by atoms with Gasteiger partial charge in [0.15, 0.2) is 17.5 Å². The number of fused-ring (bicyclic) bond motifs is 1. The minimum Gasteiger partial charge on any atom is -0.508 e. The summed E-state index contributed by atoms with van der Waals surface area (Å²) in [6.45, 7) is 8.87. The molecular formula is C42H43F2N9O5. The zero-order chi connectivity index (χ0) is 40.7. The fraction of sp³-hybridized carbons (Fsp3) is 0.333. The number of phenols is 2. The number of carbonyl (C=O) groups is 2. The highest BCUT2D eigenvalue weighted by Crippen LogP contribution is 2.36. The molecule has 8 rings (SSSR count). The van der Waals surface area contributed by atoms with Crippen LogP contribution in [0.2, 0.25) is 0 Å². The number of aromatic hydroxyl groups is 2. The van der Waals surface area contributed by atoms with Gasteiger partial charge < -0.3 is 35.4 Å². The number of nitrogens with two attached hydrogens (primary N) is 1. The first-order chi connectivity index (χ1) is 27.9. The van der Waals surface area contributed by atoms with Crippen molar-refractivity contribution in [2.45, 2.75) is 39.4 Å². The maximum atomic E-state index is 16.1. The molecule has 5 aromatic rings. The van der Waals surface area contributed by atoms with Gasteiger partial charge in [-0.2, -0.15) is 0 Å². The van der Waals surface area contributed by atoms with Crippen LogP contribution in [0.15, 0.2) is 60.9 Å². The number of hydrogen-bond donors (Lipinski definition) is 3. The molecule has 4 N–H and O–H groups in total. The van der Waals surface area contributed by atoms with E-state index in [0.29, 0.717) is 83.2 Å². The Hall–Kier alpha value is -6.26. The maximum Gasteiger partial charge on any atom is 0.258 e. The molecule has 3 aliphatic heterocycles. The number of carbonyl (C=O) groups excluding carboxylic acids is 2. The van der Waals surface area contributed by atoms with Gasteiger partial charge in [0, 0.05) is 88.5 Å². The summed E-state index contributed by atoms with van der Waals surface area (Å²) in [7, 11) is 0. The molecule has 16 heteroatoms. The Morgan fingerprint density at radius 2 is 1.55 bits per heavy atom. The second-order valence-corrected chi connectivity index (χ2v) is 15.1. The molecule has 0 atom stereocenters. The molecule has 2 saturated heterocycles. The van der Waals surface area contributed by atoms with E-state index in [0.717, 1.165) is 22.8 Å². The lowest BCUT2D eigenvalue weighted by molar-refractivity contribution is 0.0627. The number of halogens is 2. The van der Waals surface area contributed by atoms with Gasteiger partial charge in [-0.05, 0) is 52.4 Å². The first kappa shape index (κ1) is 38.6. The van der Waals surface area contributed by atoms with Crippen molar-refractivity contribution in [2.24, 2.45) is 0 Å². The van der Waals surface area contributed by atoms with E-state index in [1.165, 1.54) is 30.6 Å². The number of benzene rings is 3. The number of piperazine rings is 1. The molecule has 0 radical (unpaired) electrons. The Morgan fingerprint density at radius 3 is 2.26 bits per heavy atom. The molecule has 300 valence electrons. The van der Waals surface area contributed by atoms with Crippen LogP contribution >= 0.6 is 0 Å². The van der Waals surface area contributed by atoms with Gasteiger partial charge in [-0.3, -0.25) is 14.5 Å². The zero-order valence-electron chi connectivity index (χ0n) is 32.2. The number of ether oxygens (including phenoxy) is 1. The lowest BCUT2D eigenvalue weighted by Gasteiger charge is -2.35. The number of nitrogen functional groups attached to an aromatic ring is 1. The summed E-state index contributed by atoms with van der Waals surface area (Å²) in [5, 5.41) is 20.7. The van der Waals surface area contributed by atoms with Crippen molar-refractivity contribution in [1.29, 1.82) is 0 Å². The molecule has 14 nitrogen and oxygen atoms in total. The van der Waals surface area contributed by atoms with E-state index in [9.17, 15) is 19.8 Å². The first-order valence-electron chi connectivity index (χ1n) is 19.2. The third-order valence-corrected chi connectivity index (χ3v) is 10.9. The average molecular weight is 792 g/mol. The molecule has 3 aromatic carbocycles. The zero-order valence-corrected chi connectivity index (χ0v) is 32.2. The number of anilines is 2. The molecule has 2 amide bonds. The van der Waals surface area contributed by atoms with Crippen molar-refractivity contribution in [3.05, 3.63) is 106 Å². The van der Waals surface area contributed by atoms with E-state index >= 15 is 8.78 Å². The Kier molecular flexibility index (Phi) is 10.6. The molecular weight excluding hydrogens is 749 g/mol. The summed E-state index contributed by atoms with van der Waals surface area (Å²) < 4.78 is 37.5. The Bertz CT molecular complexity index is 2380. The van der Waals surface area contributed by atoms with E-state index < -0.39 is 11.6 Å². The summed E-state index contributed by atoms with van der Waals surface area (Å²) in [5.41, 5.74) is 9.70. The average Bonchev–Trinajstić information content (AvgIpc) is 3.65. The fourth-order valence-electron chi connectivity index (χ4n) is 7.66. The van der Waals surface area contributed by atoms with Crippen molar-refractivity contribution in [3.8, 4) is 34.1 Å². The lowest BCUT2D eigenvalue weighted by Crippen LogP contribution is -2.48. The van der Waals surface area contributed by atoms with Crippen LogP contribution in [0.3, 0.4) is 0 Å². The van der Waals surface area contributed by atoms with Crippen molar-refractivity contribution in [3.63, 3.8) is 0 Å². The largest absolute Gasteiger partial charge is 0.508 e. The van der Waals surface area contributed by atoms with E-state index in [2.05, 4.69) is 30.9 Å². The van der Waals surface area contributed by atoms with Crippen LogP contribution in [0.5, 0.6) is 11.5 Å². The van der Waals surface area contributed by atoms with Crippen LogP contribution in [0, 0.1) is 11.6 Å². The van der Waals surface area contributed by atoms with Crippen molar-refractivity contribution in [1.82, 2.24) is 34.6 Å². The lowest BCUT2D eigenvalue weighted by atomic mass is 9.98.